The number of nitrogens with zero attached hydrogens (tertiary/aromatic N) is 1. The third kappa shape index (κ3) is 6.18. The third-order valence-electron chi connectivity index (χ3n) is 5.15. The zero-order chi connectivity index (χ0) is 23.8. The topological polar surface area (TPSA) is 75.7 Å². The molecular weight excluding hydrogens is 443 g/mol. The van der Waals surface area contributed by atoms with Crippen molar-refractivity contribution < 1.29 is 22.3 Å². The summed E-state index contributed by atoms with van der Waals surface area (Å²) in [6, 6.07) is 20.2. The van der Waals surface area contributed by atoms with Gasteiger partial charge in [0.15, 0.2) is 0 Å². The Labute approximate surface area is 194 Å². The molecule has 33 heavy (non-hydrogen) atoms. The Morgan fingerprint density at radius 2 is 1.61 bits per heavy atom. The molecule has 0 aliphatic rings. The van der Waals surface area contributed by atoms with Gasteiger partial charge in [0.25, 0.3) is 5.91 Å². The lowest BCUT2D eigenvalue weighted by molar-refractivity contribution is 0.0946. The van der Waals surface area contributed by atoms with Crippen LogP contribution in [0.2, 0.25) is 0 Å². The molecule has 0 aromatic heterocycles. The second-order valence-electron chi connectivity index (χ2n) is 7.33. The number of carbonyl (C=O) groups excluding carboxylic acids is 1. The summed E-state index contributed by atoms with van der Waals surface area (Å²) in [5.74, 6) is -0.779. The van der Waals surface area contributed by atoms with Gasteiger partial charge in [-0.25, -0.2) is 12.8 Å². The number of amides is 1. The lowest BCUT2D eigenvalue weighted by atomic mass is 10.1. The van der Waals surface area contributed by atoms with E-state index in [9.17, 15) is 17.6 Å². The van der Waals surface area contributed by atoms with E-state index in [1.54, 1.807) is 38.1 Å². The Bertz CT molecular complexity index is 1180. The minimum atomic E-state index is -3.80. The van der Waals surface area contributed by atoms with E-state index >= 15 is 0 Å². The third-order valence-corrected chi connectivity index (χ3v) is 7.20. The molecule has 0 atom stereocenters. The van der Waals surface area contributed by atoms with E-state index in [-0.39, 0.29) is 30.1 Å². The number of rotatable bonds is 10. The number of hydrogen-bond acceptors (Lipinski definition) is 4. The van der Waals surface area contributed by atoms with E-state index in [1.807, 2.05) is 30.3 Å². The van der Waals surface area contributed by atoms with Crippen molar-refractivity contribution in [3.63, 3.8) is 0 Å². The fraction of sp³-hybridized carbons (Fsp3) is 0.240. The van der Waals surface area contributed by atoms with E-state index in [0.29, 0.717) is 12.4 Å². The first-order valence-electron chi connectivity index (χ1n) is 10.7. The Kier molecular flexibility index (Phi) is 8.19. The molecule has 0 saturated carbocycles. The van der Waals surface area contributed by atoms with Crippen LogP contribution in [-0.4, -0.2) is 31.7 Å². The number of hydrogen-bond donors (Lipinski definition) is 1. The van der Waals surface area contributed by atoms with Gasteiger partial charge in [0.1, 0.15) is 18.2 Å². The predicted molar refractivity (Wildman–Crippen MR) is 125 cm³/mol. The number of nitrogens with one attached hydrogen (secondary N) is 1. The van der Waals surface area contributed by atoms with Crippen molar-refractivity contribution in [2.45, 2.75) is 31.9 Å². The number of carbonyl (C=O) groups is 1. The van der Waals surface area contributed by atoms with Crippen molar-refractivity contribution >= 4 is 15.9 Å². The fourth-order valence-corrected chi connectivity index (χ4v) is 4.76. The molecule has 1 N–H and O–H groups in total. The van der Waals surface area contributed by atoms with Crippen molar-refractivity contribution in [2.24, 2.45) is 0 Å². The highest BCUT2D eigenvalue weighted by atomic mass is 32.2. The molecule has 1 amide bonds. The smallest absolute Gasteiger partial charge is 0.254 e. The molecule has 0 fully saturated rings. The van der Waals surface area contributed by atoms with Crippen LogP contribution in [0.4, 0.5) is 4.39 Å². The summed E-state index contributed by atoms with van der Waals surface area (Å²) >= 11 is 0. The molecule has 174 valence electrons. The molecule has 0 bridgehead atoms. The molecule has 0 radical (unpaired) electrons. The van der Waals surface area contributed by atoms with Crippen LogP contribution in [0.1, 0.15) is 35.3 Å². The molecule has 6 nitrogen and oxygen atoms in total. The summed E-state index contributed by atoms with van der Waals surface area (Å²) in [6.07, 6.45) is 0. The first-order valence-corrected chi connectivity index (χ1v) is 12.1. The highest BCUT2D eigenvalue weighted by molar-refractivity contribution is 7.89. The van der Waals surface area contributed by atoms with Crippen molar-refractivity contribution in [2.75, 3.05) is 13.1 Å². The average Bonchev–Trinajstić information content (AvgIpc) is 2.83. The van der Waals surface area contributed by atoms with Gasteiger partial charge in [0.2, 0.25) is 10.0 Å². The highest BCUT2D eigenvalue weighted by Gasteiger charge is 2.24. The lowest BCUT2D eigenvalue weighted by Crippen LogP contribution is -2.31. The summed E-state index contributed by atoms with van der Waals surface area (Å²) in [4.78, 5) is 12.5. The molecule has 0 aliphatic carbocycles. The van der Waals surface area contributed by atoms with Gasteiger partial charge in [-0.05, 0) is 41.5 Å². The minimum Gasteiger partial charge on any atom is -0.489 e. The first-order chi connectivity index (χ1) is 15.8. The summed E-state index contributed by atoms with van der Waals surface area (Å²) < 4.78 is 46.7. The standard InChI is InChI=1S/C25H27FN2O4S/c1-3-28(4-2)33(30,31)22-14-15-24(26)23(16-22)25(29)27-17-19-10-12-21(13-11-19)32-18-20-8-6-5-7-9-20/h5-16H,3-4,17-18H2,1-2H3,(H,27,29). The Hall–Kier alpha value is -3.23. The maximum atomic E-state index is 14.3. The van der Waals surface area contributed by atoms with E-state index < -0.39 is 21.7 Å². The summed E-state index contributed by atoms with van der Waals surface area (Å²) in [5.41, 5.74) is 1.54. The van der Waals surface area contributed by atoms with Crippen molar-refractivity contribution in [1.29, 1.82) is 0 Å². The van der Waals surface area contributed by atoms with Gasteiger partial charge in [-0.3, -0.25) is 4.79 Å². The van der Waals surface area contributed by atoms with E-state index in [2.05, 4.69) is 5.32 Å². The first kappa shape index (κ1) is 24.4. The van der Waals surface area contributed by atoms with E-state index in [4.69, 9.17) is 4.74 Å². The van der Waals surface area contributed by atoms with Crippen LogP contribution >= 0.6 is 0 Å². The second kappa shape index (κ2) is 11.1. The molecular formula is C25H27FN2O4S. The van der Waals surface area contributed by atoms with Crippen molar-refractivity contribution in [1.82, 2.24) is 9.62 Å². The Morgan fingerprint density at radius 1 is 0.939 bits per heavy atom. The van der Waals surface area contributed by atoms with Gasteiger partial charge in [-0.2, -0.15) is 4.31 Å². The number of halogens is 1. The Balaban J connectivity index is 1.63. The van der Waals surface area contributed by atoms with Crippen LogP contribution in [0.25, 0.3) is 0 Å². The van der Waals surface area contributed by atoms with Gasteiger partial charge in [0, 0.05) is 19.6 Å². The van der Waals surface area contributed by atoms with Crippen LogP contribution in [-0.2, 0) is 23.2 Å². The molecule has 0 aliphatic heterocycles. The van der Waals surface area contributed by atoms with Crippen LogP contribution < -0.4 is 10.1 Å². The monoisotopic (exact) mass is 470 g/mol. The number of ether oxygens (including phenoxy) is 1. The molecule has 0 heterocycles. The maximum absolute atomic E-state index is 14.3. The van der Waals surface area contributed by atoms with Crippen LogP contribution in [0.3, 0.4) is 0 Å². The number of sulfonamides is 1. The fourth-order valence-electron chi connectivity index (χ4n) is 3.27. The van der Waals surface area contributed by atoms with Gasteiger partial charge < -0.3 is 10.1 Å². The van der Waals surface area contributed by atoms with Crippen molar-refractivity contribution in [3.8, 4) is 5.75 Å². The Morgan fingerprint density at radius 3 is 2.24 bits per heavy atom. The molecule has 8 heteroatoms. The van der Waals surface area contributed by atoms with E-state index in [1.165, 1.54) is 10.4 Å². The highest BCUT2D eigenvalue weighted by Crippen LogP contribution is 2.20. The zero-order valence-electron chi connectivity index (χ0n) is 18.6. The molecule has 0 spiro atoms. The largest absolute Gasteiger partial charge is 0.489 e. The van der Waals surface area contributed by atoms with Crippen LogP contribution in [0, 0.1) is 5.82 Å². The second-order valence-corrected chi connectivity index (χ2v) is 9.27. The average molecular weight is 471 g/mol. The molecule has 3 aromatic carbocycles. The molecule has 0 unspecified atom stereocenters. The van der Waals surface area contributed by atoms with Gasteiger partial charge in [-0.15, -0.1) is 0 Å². The lowest BCUT2D eigenvalue weighted by Gasteiger charge is -2.19. The van der Waals surface area contributed by atoms with Crippen molar-refractivity contribution in [3.05, 3.63) is 95.3 Å². The molecule has 3 aromatic rings. The summed E-state index contributed by atoms with van der Waals surface area (Å²) in [6.45, 7) is 4.60. The zero-order valence-corrected chi connectivity index (χ0v) is 19.4. The normalized spacial score (nSPS) is 11.4. The van der Waals surface area contributed by atoms with Gasteiger partial charge in [0.05, 0.1) is 10.5 Å². The van der Waals surface area contributed by atoms with Crippen LogP contribution in [0.15, 0.2) is 77.7 Å². The maximum Gasteiger partial charge on any atom is 0.254 e. The number of benzene rings is 3. The quantitative estimate of drug-likeness (QED) is 0.478. The SMILES string of the molecule is CCN(CC)S(=O)(=O)c1ccc(F)c(C(=O)NCc2ccc(OCc3ccccc3)cc2)c1. The molecule has 3 rings (SSSR count). The van der Waals surface area contributed by atoms with E-state index in [0.717, 1.165) is 23.3 Å². The van der Waals surface area contributed by atoms with Crippen LogP contribution in [0.5, 0.6) is 5.75 Å². The summed E-state index contributed by atoms with van der Waals surface area (Å²) in [7, 11) is -3.80. The molecule has 0 saturated heterocycles. The minimum absolute atomic E-state index is 0.113. The van der Waals surface area contributed by atoms with Gasteiger partial charge >= 0.3 is 0 Å². The van der Waals surface area contributed by atoms with Gasteiger partial charge in [-0.1, -0.05) is 56.3 Å². The predicted octanol–water partition coefficient (Wildman–Crippen LogP) is 4.37. The summed E-state index contributed by atoms with van der Waals surface area (Å²) in [5, 5.41) is 2.64.